The third-order valence-electron chi connectivity index (χ3n) is 3.79. The van der Waals surface area contributed by atoms with Crippen LogP contribution in [0.2, 0.25) is 0 Å². The molecule has 0 aliphatic carbocycles. The molecule has 0 heterocycles. The van der Waals surface area contributed by atoms with E-state index in [1.54, 1.807) is 48.5 Å². The van der Waals surface area contributed by atoms with Gasteiger partial charge in [0.15, 0.2) is 0 Å². The van der Waals surface area contributed by atoms with Crippen molar-refractivity contribution in [2.45, 2.75) is 6.61 Å². The first kappa shape index (κ1) is 17.2. The lowest BCUT2D eigenvalue weighted by Gasteiger charge is -2.08. The van der Waals surface area contributed by atoms with E-state index in [1.165, 1.54) is 0 Å². The predicted octanol–water partition coefficient (Wildman–Crippen LogP) is 3.62. The molecule has 0 atom stereocenters. The average Bonchev–Trinajstić information content (AvgIpc) is 2.68. The molecule has 0 unspecified atom stereocenters. The van der Waals surface area contributed by atoms with E-state index >= 15 is 0 Å². The predicted molar refractivity (Wildman–Crippen MR) is 100 cm³/mol. The van der Waals surface area contributed by atoms with Crippen LogP contribution in [0.4, 0.5) is 5.69 Å². The summed E-state index contributed by atoms with van der Waals surface area (Å²) in [7, 11) is 0. The lowest BCUT2D eigenvalue weighted by atomic mass is 10.1. The Kier molecular flexibility index (Phi) is 5.29. The number of nitrogens with one attached hydrogen (secondary N) is 1. The van der Waals surface area contributed by atoms with Crippen LogP contribution >= 0.6 is 0 Å². The van der Waals surface area contributed by atoms with Crippen molar-refractivity contribution in [2.24, 2.45) is 5.73 Å². The normalized spacial score (nSPS) is 10.2. The molecule has 0 bridgehead atoms. The fourth-order valence-corrected chi connectivity index (χ4v) is 2.36. The minimum absolute atomic E-state index is 0.244. The lowest BCUT2D eigenvalue weighted by Crippen LogP contribution is -2.13. The molecular weight excluding hydrogens is 328 g/mol. The summed E-state index contributed by atoms with van der Waals surface area (Å²) in [5.74, 6) is -0.0587. The SMILES string of the molecule is NC(=O)c1ccc(NC(=O)c2ccc(OCc3ccccc3)cc2)cc1. The Morgan fingerprint density at radius 1 is 0.808 bits per heavy atom. The summed E-state index contributed by atoms with van der Waals surface area (Å²) in [6, 6.07) is 23.2. The van der Waals surface area contributed by atoms with Gasteiger partial charge in [0.05, 0.1) is 0 Å². The van der Waals surface area contributed by atoms with Crippen LogP contribution in [0.25, 0.3) is 0 Å². The molecule has 0 saturated carbocycles. The van der Waals surface area contributed by atoms with E-state index in [9.17, 15) is 9.59 Å². The highest BCUT2D eigenvalue weighted by atomic mass is 16.5. The van der Waals surface area contributed by atoms with Gasteiger partial charge < -0.3 is 15.8 Å². The summed E-state index contributed by atoms with van der Waals surface area (Å²) in [6.07, 6.45) is 0. The van der Waals surface area contributed by atoms with Crippen LogP contribution in [0, 0.1) is 0 Å². The van der Waals surface area contributed by atoms with Crippen molar-refractivity contribution in [1.29, 1.82) is 0 Å². The first-order valence-corrected chi connectivity index (χ1v) is 8.10. The summed E-state index contributed by atoms with van der Waals surface area (Å²) in [5.41, 5.74) is 7.76. The second kappa shape index (κ2) is 7.98. The lowest BCUT2D eigenvalue weighted by molar-refractivity contribution is 0.0998. The topological polar surface area (TPSA) is 81.4 Å². The van der Waals surface area contributed by atoms with Crippen LogP contribution < -0.4 is 15.8 Å². The zero-order valence-electron chi connectivity index (χ0n) is 14.0. The Morgan fingerprint density at radius 2 is 1.42 bits per heavy atom. The number of carbonyl (C=O) groups is 2. The summed E-state index contributed by atoms with van der Waals surface area (Å²) in [4.78, 5) is 23.3. The van der Waals surface area contributed by atoms with Gasteiger partial charge in [0.25, 0.3) is 5.91 Å². The standard InChI is InChI=1S/C21H18N2O3/c22-20(24)16-6-10-18(11-7-16)23-21(25)17-8-12-19(13-9-17)26-14-15-4-2-1-3-5-15/h1-13H,14H2,(H2,22,24)(H,23,25). The number of nitrogens with two attached hydrogens (primary N) is 1. The highest BCUT2D eigenvalue weighted by Gasteiger charge is 2.07. The average molecular weight is 346 g/mol. The molecule has 26 heavy (non-hydrogen) atoms. The molecule has 0 aromatic heterocycles. The van der Waals surface area contributed by atoms with Gasteiger partial charge in [-0.3, -0.25) is 9.59 Å². The van der Waals surface area contributed by atoms with Crippen LogP contribution in [0.15, 0.2) is 78.9 Å². The minimum atomic E-state index is -0.506. The van der Waals surface area contributed by atoms with Crippen molar-refractivity contribution in [3.05, 3.63) is 95.6 Å². The molecule has 0 fully saturated rings. The van der Waals surface area contributed by atoms with Crippen molar-refractivity contribution < 1.29 is 14.3 Å². The van der Waals surface area contributed by atoms with Crippen LogP contribution in [0.5, 0.6) is 5.75 Å². The maximum Gasteiger partial charge on any atom is 0.255 e. The van der Waals surface area contributed by atoms with E-state index in [1.807, 2.05) is 30.3 Å². The maximum atomic E-state index is 12.3. The Morgan fingerprint density at radius 3 is 2.04 bits per heavy atom. The molecule has 0 saturated heterocycles. The second-order valence-electron chi connectivity index (χ2n) is 5.69. The number of ether oxygens (including phenoxy) is 1. The van der Waals surface area contributed by atoms with E-state index in [4.69, 9.17) is 10.5 Å². The molecule has 3 N–H and O–H groups in total. The first-order valence-electron chi connectivity index (χ1n) is 8.10. The minimum Gasteiger partial charge on any atom is -0.489 e. The van der Waals surface area contributed by atoms with E-state index in [2.05, 4.69) is 5.32 Å². The first-order chi connectivity index (χ1) is 12.6. The van der Waals surface area contributed by atoms with E-state index in [0.717, 1.165) is 5.56 Å². The van der Waals surface area contributed by atoms with Gasteiger partial charge in [-0.15, -0.1) is 0 Å². The van der Waals surface area contributed by atoms with Gasteiger partial charge in [0, 0.05) is 16.8 Å². The molecule has 130 valence electrons. The van der Waals surface area contributed by atoms with E-state index < -0.39 is 5.91 Å². The molecule has 0 radical (unpaired) electrons. The van der Waals surface area contributed by atoms with E-state index in [0.29, 0.717) is 29.2 Å². The zero-order chi connectivity index (χ0) is 18.4. The van der Waals surface area contributed by atoms with Crippen molar-refractivity contribution >= 4 is 17.5 Å². The Bertz CT molecular complexity index is 889. The zero-order valence-corrected chi connectivity index (χ0v) is 14.0. The number of hydrogen-bond acceptors (Lipinski definition) is 3. The molecule has 5 heteroatoms. The molecular formula is C21H18N2O3. The van der Waals surface area contributed by atoms with Gasteiger partial charge in [0.2, 0.25) is 5.91 Å². The molecule has 0 aliphatic heterocycles. The summed E-state index contributed by atoms with van der Waals surface area (Å²) >= 11 is 0. The number of benzene rings is 3. The maximum absolute atomic E-state index is 12.3. The van der Waals surface area contributed by atoms with Gasteiger partial charge in [-0.25, -0.2) is 0 Å². The third-order valence-corrected chi connectivity index (χ3v) is 3.79. The summed E-state index contributed by atoms with van der Waals surface area (Å²) in [5, 5.41) is 2.77. The molecule has 0 aliphatic rings. The summed E-state index contributed by atoms with van der Waals surface area (Å²) < 4.78 is 5.71. The molecule has 3 rings (SSSR count). The van der Waals surface area contributed by atoms with Gasteiger partial charge in [-0.05, 0) is 54.1 Å². The van der Waals surface area contributed by atoms with Crippen molar-refractivity contribution in [1.82, 2.24) is 0 Å². The number of anilines is 1. The monoisotopic (exact) mass is 346 g/mol. The molecule has 5 nitrogen and oxygen atoms in total. The fraction of sp³-hybridized carbons (Fsp3) is 0.0476. The van der Waals surface area contributed by atoms with Gasteiger partial charge >= 0.3 is 0 Å². The van der Waals surface area contributed by atoms with Crippen LogP contribution in [0.1, 0.15) is 26.3 Å². The Balaban J connectivity index is 1.58. The molecule has 3 aromatic rings. The van der Waals surface area contributed by atoms with Crippen LogP contribution in [0.3, 0.4) is 0 Å². The van der Waals surface area contributed by atoms with Crippen molar-refractivity contribution in [3.63, 3.8) is 0 Å². The summed E-state index contributed by atoms with van der Waals surface area (Å²) in [6.45, 7) is 0.471. The van der Waals surface area contributed by atoms with Gasteiger partial charge in [-0.1, -0.05) is 30.3 Å². The highest BCUT2D eigenvalue weighted by molar-refractivity contribution is 6.04. The number of carbonyl (C=O) groups excluding carboxylic acids is 2. The van der Waals surface area contributed by atoms with Crippen molar-refractivity contribution in [2.75, 3.05) is 5.32 Å². The molecule has 2 amide bonds. The smallest absolute Gasteiger partial charge is 0.255 e. The highest BCUT2D eigenvalue weighted by Crippen LogP contribution is 2.16. The van der Waals surface area contributed by atoms with E-state index in [-0.39, 0.29) is 5.91 Å². The second-order valence-corrected chi connectivity index (χ2v) is 5.69. The quantitative estimate of drug-likeness (QED) is 0.715. The number of hydrogen-bond donors (Lipinski definition) is 2. The molecule has 0 spiro atoms. The third kappa shape index (κ3) is 4.48. The van der Waals surface area contributed by atoms with Gasteiger partial charge in [0.1, 0.15) is 12.4 Å². The number of primary amides is 1. The largest absolute Gasteiger partial charge is 0.489 e. The number of amides is 2. The van der Waals surface area contributed by atoms with Gasteiger partial charge in [-0.2, -0.15) is 0 Å². The fourth-order valence-electron chi connectivity index (χ4n) is 2.36. The van der Waals surface area contributed by atoms with Crippen molar-refractivity contribution in [3.8, 4) is 5.75 Å². The van der Waals surface area contributed by atoms with Crippen LogP contribution in [-0.4, -0.2) is 11.8 Å². The Hall–Kier alpha value is -3.60. The number of rotatable bonds is 6. The van der Waals surface area contributed by atoms with Crippen LogP contribution in [-0.2, 0) is 6.61 Å². The Labute approximate surface area is 151 Å². The molecule has 3 aromatic carbocycles.